The Balaban J connectivity index is 2.31. The summed E-state index contributed by atoms with van der Waals surface area (Å²) in [4.78, 5) is 28.2. The molecule has 1 saturated heterocycles. The van der Waals surface area contributed by atoms with E-state index < -0.39 is 5.97 Å². The molecule has 0 saturated carbocycles. The van der Waals surface area contributed by atoms with Crippen LogP contribution in [0.15, 0.2) is 0 Å². The lowest BCUT2D eigenvalue weighted by molar-refractivity contribution is 0.0690. The maximum Gasteiger partial charge on any atom is 0.352 e. The zero-order valence-corrected chi connectivity index (χ0v) is 12.1. The third-order valence-electron chi connectivity index (χ3n) is 3.39. The van der Waals surface area contributed by atoms with Gasteiger partial charge in [-0.1, -0.05) is 6.92 Å². The number of thioether (sulfide) groups is 1. The number of carbonyl (C=O) groups is 2. The Kier molecular flexibility index (Phi) is 3.89. The summed E-state index contributed by atoms with van der Waals surface area (Å²) in [6, 6.07) is 0. The number of hydrogen-bond donors (Lipinski definition) is 2. The minimum atomic E-state index is -1.03. The highest BCUT2D eigenvalue weighted by molar-refractivity contribution is 7.99. The number of H-pyrrole nitrogens is 1. The smallest absolute Gasteiger partial charge is 0.352 e. The summed E-state index contributed by atoms with van der Waals surface area (Å²) in [5.74, 6) is -0.158. The highest BCUT2D eigenvalue weighted by atomic mass is 32.2. The summed E-state index contributed by atoms with van der Waals surface area (Å²) in [5.41, 5.74) is 1.78. The molecule has 19 heavy (non-hydrogen) atoms. The lowest BCUT2D eigenvalue weighted by Gasteiger charge is -2.30. The minimum Gasteiger partial charge on any atom is -0.477 e. The summed E-state index contributed by atoms with van der Waals surface area (Å²) in [7, 11) is 0. The largest absolute Gasteiger partial charge is 0.477 e. The van der Waals surface area contributed by atoms with E-state index in [1.165, 1.54) is 0 Å². The molecule has 1 aliphatic rings. The number of aromatic amines is 1. The monoisotopic (exact) mass is 282 g/mol. The highest BCUT2D eigenvalue weighted by Gasteiger charge is 2.27. The number of nitrogens with zero attached hydrogens (tertiary/aromatic N) is 1. The number of rotatable bonds is 2. The van der Waals surface area contributed by atoms with E-state index in [-0.39, 0.29) is 11.6 Å². The number of carboxylic acid groups (broad SMARTS) is 1. The number of aromatic carboxylic acids is 1. The van der Waals surface area contributed by atoms with Crippen LogP contribution >= 0.6 is 11.8 Å². The summed E-state index contributed by atoms with van der Waals surface area (Å²) in [5, 5.41) is 9.51. The van der Waals surface area contributed by atoms with Gasteiger partial charge in [0.15, 0.2) is 0 Å². The number of carbonyl (C=O) groups excluding carboxylic acids is 1. The van der Waals surface area contributed by atoms with Crippen molar-refractivity contribution in [2.24, 2.45) is 0 Å². The predicted octanol–water partition coefficient (Wildman–Crippen LogP) is 1.91. The van der Waals surface area contributed by atoms with Gasteiger partial charge in [-0.3, -0.25) is 4.79 Å². The molecule has 5 nitrogen and oxygen atoms in total. The van der Waals surface area contributed by atoms with E-state index in [9.17, 15) is 9.59 Å². The van der Waals surface area contributed by atoms with Crippen LogP contribution in [0.25, 0.3) is 0 Å². The number of aromatic nitrogens is 1. The van der Waals surface area contributed by atoms with Crippen LogP contribution in [0, 0.1) is 13.8 Å². The molecule has 1 fully saturated rings. The Bertz CT molecular complexity index is 524. The van der Waals surface area contributed by atoms with E-state index in [0.717, 1.165) is 18.8 Å². The van der Waals surface area contributed by atoms with Crippen molar-refractivity contribution in [2.45, 2.75) is 26.0 Å². The summed E-state index contributed by atoms with van der Waals surface area (Å²) < 4.78 is 0. The number of carboxylic acids is 1. The van der Waals surface area contributed by atoms with Crippen LogP contribution in [-0.4, -0.2) is 51.0 Å². The molecule has 0 aliphatic carbocycles. The van der Waals surface area contributed by atoms with Crippen molar-refractivity contribution in [3.05, 3.63) is 22.5 Å². The van der Waals surface area contributed by atoms with Crippen molar-refractivity contribution < 1.29 is 14.7 Å². The van der Waals surface area contributed by atoms with Gasteiger partial charge in [0.05, 0.1) is 5.56 Å². The Morgan fingerprint density at radius 3 is 2.63 bits per heavy atom. The van der Waals surface area contributed by atoms with E-state index in [1.54, 1.807) is 13.8 Å². The molecule has 1 aliphatic heterocycles. The lowest BCUT2D eigenvalue weighted by atomic mass is 10.1. The van der Waals surface area contributed by atoms with Crippen LogP contribution in [0.3, 0.4) is 0 Å². The van der Waals surface area contributed by atoms with Gasteiger partial charge < -0.3 is 15.0 Å². The number of aryl methyl sites for hydroxylation is 1. The maximum absolute atomic E-state index is 12.5. The van der Waals surface area contributed by atoms with Gasteiger partial charge in [-0.2, -0.15) is 11.8 Å². The Morgan fingerprint density at radius 2 is 2.11 bits per heavy atom. The molecule has 6 heteroatoms. The van der Waals surface area contributed by atoms with Crippen molar-refractivity contribution in [1.29, 1.82) is 0 Å². The second kappa shape index (κ2) is 5.28. The molecule has 1 atom stereocenters. The van der Waals surface area contributed by atoms with Crippen LogP contribution in [0.1, 0.15) is 39.0 Å². The molecule has 1 aromatic rings. The van der Waals surface area contributed by atoms with Crippen molar-refractivity contribution >= 4 is 23.6 Å². The van der Waals surface area contributed by atoms with Crippen LogP contribution in [-0.2, 0) is 0 Å². The molecule has 2 rings (SSSR count). The molecule has 2 heterocycles. The van der Waals surface area contributed by atoms with Gasteiger partial charge in [-0.25, -0.2) is 4.79 Å². The molecule has 0 aromatic carbocycles. The first-order chi connectivity index (χ1) is 8.91. The van der Waals surface area contributed by atoms with Crippen molar-refractivity contribution in [3.8, 4) is 0 Å². The molecule has 0 bridgehead atoms. The van der Waals surface area contributed by atoms with Crippen molar-refractivity contribution in [3.63, 3.8) is 0 Å². The fourth-order valence-electron chi connectivity index (χ4n) is 2.45. The Labute approximate surface area is 116 Å². The molecular weight excluding hydrogens is 264 g/mol. The summed E-state index contributed by atoms with van der Waals surface area (Å²) in [6.07, 6.45) is 0. The van der Waals surface area contributed by atoms with Crippen LogP contribution in [0.5, 0.6) is 0 Å². The molecule has 1 aromatic heterocycles. The minimum absolute atomic E-state index is 0.0640. The number of amides is 1. The van der Waals surface area contributed by atoms with E-state index in [1.807, 2.05) is 16.7 Å². The van der Waals surface area contributed by atoms with E-state index in [0.29, 0.717) is 22.1 Å². The topological polar surface area (TPSA) is 73.4 Å². The van der Waals surface area contributed by atoms with Crippen LogP contribution in [0.2, 0.25) is 0 Å². The molecule has 0 radical (unpaired) electrons. The zero-order chi connectivity index (χ0) is 14.2. The first kappa shape index (κ1) is 14.0. The first-order valence-corrected chi connectivity index (χ1v) is 7.30. The first-order valence-electron chi connectivity index (χ1n) is 6.25. The van der Waals surface area contributed by atoms with Crippen LogP contribution < -0.4 is 0 Å². The fraction of sp³-hybridized carbons (Fsp3) is 0.538. The van der Waals surface area contributed by atoms with Gasteiger partial charge in [0.1, 0.15) is 5.69 Å². The zero-order valence-electron chi connectivity index (χ0n) is 11.3. The Hall–Kier alpha value is -1.43. The van der Waals surface area contributed by atoms with E-state index in [4.69, 9.17) is 5.11 Å². The third-order valence-corrected chi connectivity index (χ3v) is 4.53. The Morgan fingerprint density at radius 1 is 1.42 bits per heavy atom. The highest BCUT2D eigenvalue weighted by Crippen LogP contribution is 2.24. The van der Waals surface area contributed by atoms with Gasteiger partial charge in [0, 0.05) is 29.8 Å². The normalized spacial score (nSPS) is 19.5. The molecule has 0 spiro atoms. The average molecular weight is 282 g/mol. The predicted molar refractivity (Wildman–Crippen MR) is 75.0 cm³/mol. The number of hydrogen-bond acceptors (Lipinski definition) is 3. The molecule has 1 amide bonds. The quantitative estimate of drug-likeness (QED) is 0.869. The van der Waals surface area contributed by atoms with Gasteiger partial charge in [-0.05, 0) is 19.4 Å². The summed E-state index contributed by atoms with van der Waals surface area (Å²) >= 11 is 1.86. The van der Waals surface area contributed by atoms with Gasteiger partial charge in [0.25, 0.3) is 5.91 Å². The fourth-order valence-corrected chi connectivity index (χ4v) is 3.46. The van der Waals surface area contributed by atoms with Gasteiger partial charge in [-0.15, -0.1) is 0 Å². The maximum atomic E-state index is 12.5. The van der Waals surface area contributed by atoms with Gasteiger partial charge in [0.2, 0.25) is 0 Å². The molecule has 104 valence electrons. The number of nitrogens with one attached hydrogen (secondary N) is 1. The van der Waals surface area contributed by atoms with Gasteiger partial charge >= 0.3 is 5.97 Å². The summed E-state index contributed by atoms with van der Waals surface area (Å²) in [6.45, 7) is 6.97. The third kappa shape index (κ3) is 2.63. The van der Waals surface area contributed by atoms with E-state index >= 15 is 0 Å². The SMILES string of the molecule is Cc1[nH]c(C(=O)O)c(C)c1C(=O)N1CCSC(C)C1. The second-order valence-corrected chi connectivity index (χ2v) is 6.41. The van der Waals surface area contributed by atoms with Crippen molar-refractivity contribution in [1.82, 2.24) is 9.88 Å². The van der Waals surface area contributed by atoms with Crippen LogP contribution in [0.4, 0.5) is 0 Å². The lowest BCUT2D eigenvalue weighted by Crippen LogP contribution is -2.41. The standard InChI is InChI=1S/C13H18N2O3S/c1-7-6-15(4-5-19-7)12(16)10-8(2)11(13(17)18)14-9(10)3/h7,14H,4-6H2,1-3H3,(H,17,18). The molecular formula is C13H18N2O3S. The average Bonchev–Trinajstić information content (AvgIpc) is 2.64. The van der Waals surface area contributed by atoms with E-state index in [2.05, 4.69) is 11.9 Å². The molecule has 2 N–H and O–H groups in total. The second-order valence-electron chi connectivity index (χ2n) is 4.86. The van der Waals surface area contributed by atoms with Crippen molar-refractivity contribution in [2.75, 3.05) is 18.8 Å². The molecule has 1 unspecified atom stereocenters.